The number of unbranched alkanes of at least 4 members (excludes halogenated alkanes) is 1. The number of hydrogen-bond acceptors (Lipinski definition) is 3. The van der Waals surface area contributed by atoms with Crippen LogP contribution >= 0.6 is 0 Å². The topological polar surface area (TPSA) is 35.5 Å². The highest BCUT2D eigenvalue weighted by atomic mass is 16.5. The molecule has 0 aromatic heterocycles. The van der Waals surface area contributed by atoms with Gasteiger partial charge < -0.3 is 9.47 Å². The minimum atomic E-state index is -0.375. The predicted molar refractivity (Wildman–Crippen MR) is 79.8 cm³/mol. The highest BCUT2D eigenvalue weighted by molar-refractivity contribution is 5.83. The lowest BCUT2D eigenvalue weighted by Crippen LogP contribution is -2.04. The summed E-state index contributed by atoms with van der Waals surface area (Å²) >= 11 is 0. The van der Waals surface area contributed by atoms with Gasteiger partial charge in [0.2, 0.25) is 0 Å². The largest absolute Gasteiger partial charge is 0.494 e. The number of fused-ring (bicyclic) bond motifs is 1. The Kier molecular flexibility index (Phi) is 5.18. The van der Waals surface area contributed by atoms with Gasteiger partial charge in [-0.1, -0.05) is 36.9 Å². The number of hydrogen-bond donors (Lipinski definition) is 0. The minimum absolute atomic E-state index is 0.375. The first-order valence-electron chi connectivity index (χ1n) is 6.70. The first-order valence-corrected chi connectivity index (χ1v) is 6.70. The van der Waals surface area contributed by atoms with Gasteiger partial charge in [-0.15, -0.1) is 0 Å². The first kappa shape index (κ1) is 14.1. The summed E-state index contributed by atoms with van der Waals surface area (Å²) in [6, 6.07) is 14.2. The molecule has 0 amide bonds. The van der Waals surface area contributed by atoms with Crippen molar-refractivity contribution in [3.63, 3.8) is 0 Å². The molecular weight excluding hydrogens is 252 g/mol. The number of rotatable bonds is 7. The molecule has 0 heterocycles. The molecule has 0 fully saturated rings. The third kappa shape index (κ3) is 4.12. The molecule has 0 aliphatic carbocycles. The van der Waals surface area contributed by atoms with Crippen molar-refractivity contribution in [3.8, 4) is 5.75 Å². The van der Waals surface area contributed by atoms with Gasteiger partial charge in [0.1, 0.15) is 5.75 Å². The molecule has 0 spiro atoms. The zero-order valence-electron chi connectivity index (χ0n) is 11.4. The number of esters is 1. The molecule has 0 aliphatic heterocycles. The van der Waals surface area contributed by atoms with Crippen molar-refractivity contribution in [2.45, 2.75) is 12.8 Å². The highest BCUT2D eigenvalue weighted by Crippen LogP contribution is 2.20. The zero-order chi connectivity index (χ0) is 14.2. The van der Waals surface area contributed by atoms with Crippen LogP contribution in [0, 0.1) is 0 Å². The Morgan fingerprint density at radius 2 is 1.80 bits per heavy atom. The van der Waals surface area contributed by atoms with Gasteiger partial charge in [0.15, 0.2) is 0 Å². The third-order valence-corrected chi connectivity index (χ3v) is 2.94. The Morgan fingerprint density at radius 3 is 2.60 bits per heavy atom. The normalized spacial score (nSPS) is 10.2. The maximum atomic E-state index is 10.8. The Bertz CT molecular complexity index is 590. The summed E-state index contributed by atoms with van der Waals surface area (Å²) in [6.45, 7) is 4.36. The lowest BCUT2D eigenvalue weighted by atomic mass is 10.1. The van der Waals surface area contributed by atoms with Crippen LogP contribution in [0.5, 0.6) is 5.75 Å². The lowest BCUT2D eigenvalue weighted by Gasteiger charge is -2.07. The Hall–Kier alpha value is -2.29. The van der Waals surface area contributed by atoms with Crippen LogP contribution in [-0.4, -0.2) is 19.2 Å². The number of ether oxygens (including phenoxy) is 2. The summed E-state index contributed by atoms with van der Waals surface area (Å²) in [5, 5.41) is 2.38. The molecule has 20 heavy (non-hydrogen) atoms. The summed E-state index contributed by atoms with van der Waals surface area (Å²) in [5.74, 6) is 0.493. The van der Waals surface area contributed by atoms with E-state index in [9.17, 15) is 4.79 Å². The van der Waals surface area contributed by atoms with Crippen molar-refractivity contribution >= 4 is 16.7 Å². The molecule has 0 atom stereocenters. The van der Waals surface area contributed by atoms with E-state index in [4.69, 9.17) is 9.47 Å². The van der Waals surface area contributed by atoms with Crippen molar-refractivity contribution in [2.75, 3.05) is 13.2 Å². The lowest BCUT2D eigenvalue weighted by molar-refractivity contribution is -0.137. The molecule has 2 aromatic rings. The fourth-order valence-electron chi connectivity index (χ4n) is 1.88. The van der Waals surface area contributed by atoms with E-state index in [0.29, 0.717) is 13.2 Å². The van der Waals surface area contributed by atoms with Gasteiger partial charge in [0, 0.05) is 6.08 Å². The van der Waals surface area contributed by atoms with Crippen molar-refractivity contribution < 1.29 is 14.3 Å². The second-order valence-electron chi connectivity index (χ2n) is 4.44. The van der Waals surface area contributed by atoms with Crippen LogP contribution in [0.2, 0.25) is 0 Å². The quantitative estimate of drug-likeness (QED) is 0.437. The molecule has 3 heteroatoms. The summed E-state index contributed by atoms with van der Waals surface area (Å²) < 4.78 is 10.6. The number of benzene rings is 2. The summed E-state index contributed by atoms with van der Waals surface area (Å²) in [4.78, 5) is 10.8. The summed E-state index contributed by atoms with van der Waals surface area (Å²) in [6.07, 6.45) is 2.80. The second kappa shape index (κ2) is 7.34. The van der Waals surface area contributed by atoms with Gasteiger partial charge in [-0.3, -0.25) is 0 Å². The molecule has 2 rings (SSSR count). The Balaban J connectivity index is 1.73. The van der Waals surface area contributed by atoms with E-state index in [-0.39, 0.29) is 5.97 Å². The molecule has 0 N–H and O–H groups in total. The summed E-state index contributed by atoms with van der Waals surface area (Å²) in [7, 11) is 0. The fourth-order valence-corrected chi connectivity index (χ4v) is 1.88. The third-order valence-electron chi connectivity index (χ3n) is 2.94. The predicted octanol–water partition coefficient (Wildman–Crippen LogP) is 3.73. The minimum Gasteiger partial charge on any atom is -0.494 e. The maximum Gasteiger partial charge on any atom is 0.330 e. The zero-order valence-corrected chi connectivity index (χ0v) is 11.4. The van der Waals surface area contributed by atoms with E-state index < -0.39 is 0 Å². The van der Waals surface area contributed by atoms with Gasteiger partial charge in [-0.05, 0) is 35.7 Å². The van der Waals surface area contributed by atoms with Crippen molar-refractivity contribution in [3.05, 3.63) is 55.1 Å². The number of carbonyl (C=O) groups is 1. The molecule has 0 aliphatic rings. The van der Waals surface area contributed by atoms with Gasteiger partial charge in [-0.2, -0.15) is 0 Å². The fraction of sp³-hybridized carbons (Fsp3) is 0.235. The van der Waals surface area contributed by atoms with Crippen LogP contribution in [0.1, 0.15) is 12.8 Å². The molecule has 0 saturated heterocycles. The maximum absolute atomic E-state index is 10.8. The average Bonchev–Trinajstić information content (AvgIpc) is 2.50. The summed E-state index contributed by atoms with van der Waals surface area (Å²) in [5.41, 5.74) is 0. The van der Waals surface area contributed by atoms with E-state index in [1.54, 1.807) is 0 Å². The molecule has 0 radical (unpaired) electrons. The van der Waals surface area contributed by atoms with Crippen LogP contribution in [0.15, 0.2) is 55.1 Å². The smallest absolute Gasteiger partial charge is 0.330 e. The molecule has 104 valence electrons. The molecule has 0 bridgehead atoms. The number of carbonyl (C=O) groups excluding carboxylic acids is 1. The van der Waals surface area contributed by atoms with E-state index in [2.05, 4.69) is 24.8 Å². The molecule has 2 aromatic carbocycles. The molecular formula is C17H18O3. The standard InChI is InChI=1S/C17H18O3/c1-2-17(18)20-12-6-5-11-19-16-10-9-14-7-3-4-8-15(14)13-16/h2-4,7-10,13H,1,5-6,11-12H2. The molecule has 0 saturated carbocycles. The van der Waals surface area contributed by atoms with Gasteiger partial charge in [0.05, 0.1) is 13.2 Å². The van der Waals surface area contributed by atoms with Gasteiger partial charge in [-0.25, -0.2) is 4.79 Å². The molecule has 3 nitrogen and oxygen atoms in total. The van der Waals surface area contributed by atoms with Gasteiger partial charge >= 0.3 is 5.97 Å². The van der Waals surface area contributed by atoms with Crippen LogP contribution in [-0.2, 0) is 9.53 Å². The Morgan fingerprint density at radius 1 is 1.05 bits per heavy atom. The van der Waals surface area contributed by atoms with E-state index in [0.717, 1.165) is 18.6 Å². The monoisotopic (exact) mass is 270 g/mol. The van der Waals surface area contributed by atoms with E-state index >= 15 is 0 Å². The molecule has 0 unspecified atom stereocenters. The SMILES string of the molecule is C=CC(=O)OCCCCOc1ccc2ccccc2c1. The van der Waals surface area contributed by atoms with Crippen molar-refractivity contribution in [2.24, 2.45) is 0 Å². The Labute approximate surface area is 118 Å². The van der Waals surface area contributed by atoms with Crippen LogP contribution in [0.3, 0.4) is 0 Å². The highest BCUT2D eigenvalue weighted by Gasteiger charge is 1.98. The van der Waals surface area contributed by atoms with Gasteiger partial charge in [0.25, 0.3) is 0 Å². The van der Waals surface area contributed by atoms with Crippen LogP contribution in [0.4, 0.5) is 0 Å². The van der Waals surface area contributed by atoms with Crippen molar-refractivity contribution in [1.29, 1.82) is 0 Å². The first-order chi connectivity index (χ1) is 9.79. The van der Waals surface area contributed by atoms with Crippen molar-refractivity contribution in [1.82, 2.24) is 0 Å². The van der Waals surface area contributed by atoms with Crippen LogP contribution in [0.25, 0.3) is 10.8 Å². The average molecular weight is 270 g/mol. The van der Waals surface area contributed by atoms with Crippen LogP contribution < -0.4 is 4.74 Å². The second-order valence-corrected chi connectivity index (χ2v) is 4.44. The van der Waals surface area contributed by atoms with E-state index in [1.807, 2.05) is 24.3 Å². The van der Waals surface area contributed by atoms with E-state index in [1.165, 1.54) is 16.8 Å².